The summed E-state index contributed by atoms with van der Waals surface area (Å²) < 4.78 is 26.8. The van der Waals surface area contributed by atoms with E-state index in [1.807, 2.05) is 0 Å². The van der Waals surface area contributed by atoms with Crippen molar-refractivity contribution >= 4 is 34.1 Å². The molecular formula is C11H7F2N3OS2. The van der Waals surface area contributed by atoms with Gasteiger partial charge in [0.1, 0.15) is 22.5 Å². The molecule has 0 radical (unpaired) electrons. The number of hydrogen-bond donors (Lipinski definition) is 0. The number of carbonyl (C=O) groups excluding carboxylic acids is 1. The molecule has 1 atom stereocenters. The van der Waals surface area contributed by atoms with Gasteiger partial charge in [-0.1, -0.05) is 17.4 Å². The smallest absolute Gasteiger partial charge is 0.240 e. The fourth-order valence-electron chi connectivity index (χ4n) is 1.83. The van der Waals surface area contributed by atoms with Gasteiger partial charge in [0.05, 0.1) is 5.75 Å². The molecule has 0 N–H and O–H groups in total. The maximum Gasteiger partial charge on any atom is 0.240 e. The molecule has 19 heavy (non-hydrogen) atoms. The average Bonchev–Trinajstić information content (AvgIpc) is 2.98. The third-order valence-electron chi connectivity index (χ3n) is 2.65. The van der Waals surface area contributed by atoms with Gasteiger partial charge in [-0.25, -0.2) is 8.78 Å². The van der Waals surface area contributed by atoms with Gasteiger partial charge in [0, 0.05) is 11.6 Å². The molecule has 3 rings (SSSR count). The fourth-order valence-corrected chi connectivity index (χ4v) is 3.68. The Labute approximate surface area is 115 Å². The number of anilines is 1. The average molecular weight is 299 g/mol. The molecule has 0 spiro atoms. The molecule has 98 valence electrons. The summed E-state index contributed by atoms with van der Waals surface area (Å²) in [5, 5.41) is 7.41. The van der Waals surface area contributed by atoms with Crippen molar-refractivity contribution in [2.24, 2.45) is 0 Å². The number of nitrogens with zero attached hydrogens (tertiary/aromatic N) is 3. The molecule has 0 saturated carbocycles. The monoisotopic (exact) mass is 299 g/mol. The van der Waals surface area contributed by atoms with E-state index < -0.39 is 17.0 Å². The van der Waals surface area contributed by atoms with Crippen LogP contribution >= 0.6 is 23.1 Å². The Morgan fingerprint density at radius 2 is 2.21 bits per heavy atom. The van der Waals surface area contributed by atoms with Crippen LogP contribution in [0.5, 0.6) is 0 Å². The Morgan fingerprint density at radius 3 is 2.89 bits per heavy atom. The number of carbonyl (C=O) groups is 1. The van der Waals surface area contributed by atoms with Crippen LogP contribution in [-0.2, 0) is 4.79 Å². The van der Waals surface area contributed by atoms with Crippen LogP contribution in [0, 0.1) is 11.6 Å². The molecule has 1 aromatic heterocycles. The van der Waals surface area contributed by atoms with Gasteiger partial charge in [0.15, 0.2) is 0 Å². The zero-order valence-corrected chi connectivity index (χ0v) is 11.0. The number of halogens is 2. The maximum atomic E-state index is 13.8. The first-order chi connectivity index (χ1) is 9.16. The minimum atomic E-state index is -0.665. The van der Waals surface area contributed by atoms with E-state index in [0.29, 0.717) is 5.13 Å². The van der Waals surface area contributed by atoms with E-state index in [2.05, 4.69) is 10.2 Å². The first-order valence-electron chi connectivity index (χ1n) is 5.31. The zero-order valence-electron chi connectivity index (χ0n) is 9.42. The molecule has 0 bridgehead atoms. The van der Waals surface area contributed by atoms with Gasteiger partial charge in [0.2, 0.25) is 11.0 Å². The summed E-state index contributed by atoms with van der Waals surface area (Å²) >= 11 is 2.49. The number of rotatable bonds is 2. The molecule has 0 aliphatic carbocycles. The summed E-state index contributed by atoms with van der Waals surface area (Å²) in [6.07, 6.45) is 0. The third-order valence-corrected chi connectivity index (χ3v) is 4.53. The molecule has 1 aliphatic heterocycles. The minimum absolute atomic E-state index is 0.157. The van der Waals surface area contributed by atoms with Crippen LogP contribution in [-0.4, -0.2) is 21.9 Å². The van der Waals surface area contributed by atoms with Gasteiger partial charge in [-0.3, -0.25) is 9.69 Å². The number of thioether (sulfide) groups is 1. The fraction of sp³-hybridized carbons (Fsp3) is 0.182. The lowest BCUT2D eigenvalue weighted by atomic mass is 10.2. The van der Waals surface area contributed by atoms with E-state index >= 15 is 0 Å². The van der Waals surface area contributed by atoms with Crippen molar-refractivity contribution < 1.29 is 13.6 Å². The highest BCUT2D eigenvalue weighted by Crippen LogP contribution is 2.42. The highest BCUT2D eigenvalue weighted by atomic mass is 32.2. The van der Waals surface area contributed by atoms with Gasteiger partial charge < -0.3 is 0 Å². The first kappa shape index (κ1) is 12.5. The van der Waals surface area contributed by atoms with Gasteiger partial charge in [-0.15, -0.1) is 22.0 Å². The summed E-state index contributed by atoms with van der Waals surface area (Å²) in [4.78, 5) is 13.3. The standard InChI is InChI=1S/C11H7F2N3OS2/c12-6-1-2-7(8(13)3-6)10-16(9(17)4-18-10)11-15-14-5-19-11/h1-3,5,10H,4H2. The van der Waals surface area contributed by atoms with Crippen molar-refractivity contribution in [3.8, 4) is 0 Å². The third kappa shape index (κ3) is 2.21. The lowest BCUT2D eigenvalue weighted by molar-refractivity contribution is -0.115. The SMILES string of the molecule is O=C1CSC(c2ccc(F)cc2F)N1c1nncs1. The topological polar surface area (TPSA) is 46.1 Å². The Morgan fingerprint density at radius 1 is 1.37 bits per heavy atom. The Kier molecular flexibility index (Phi) is 3.19. The van der Waals surface area contributed by atoms with Gasteiger partial charge in [-0.2, -0.15) is 0 Å². The second-order valence-electron chi connectivity index (χ2n) is 3.81. The van der Waals surface area contributed by atoms with Crippen LogP contribution in [0.3, 0.4) is 0 Å². The molecule has 1 amide bonds. The van der Waals surface area contributed by atoms with Crippen molar-refractivity contribution in [1.82, 2.24) is 10.2 Å². The first-order valence-corrected chi connectivity index (χ1v) is 7.24. The van der Waals surface area contributed by atoms with Crippen molar-refractivity contribution in [3.63, 3.8) is 0 Å². The molecule has 1 fully saturated rings. The van der Waals surface area contributed by atoms with Gasteiger partial charge in [-0.05, 0) is 6.07 Å². The highest BCUT2D eigenvalue weighted by molar-refractivity contribution is 8.00. The van der Waals surface area contributed by atoms with Crippen LogP contribution in [0.1, 0.15) is 10.9 Å². The molecule has 1 aromatic carbocycles. The molecule has 1 saturated heterocycles. The maximum absolute atomic E-state index is 13.8. The van der Waals surface area contributed by atoms with Crippen LogP contribution in [0.15, 0.2) is 23.7 Å². The number of amides is 1. The Balaban J connectivity index is 2.01. The van der Waals surface area contributed by atoms with E-state index in [9.17, 15) is 13.6 Å². The van der Waals surface area contributed by atoms with E-state index in [1.54, 1.807) is 0 Å². The second kappa shape index (κ2) is 4.86. The quantitative estimate of drug-likeness (QED) is 0.855. The van der Waals surface area contributed by atoms with E-state index in [0.717, 1.165) is 6.07 Å². The largest absolute Gasteiger partial charge is 0.273 e. The second-order valence-corrected chi connectivity index (χ2v) is 5.69. The highest BCUT2D eigenvalue weighted by Gasteiger charge is 2.37. The van der Waals surface area contributed by atoms with Crippen molar-refractivity contribution in [2.45, 2.75) is 5.37 Å². The van der Waals surface area contributed by atoms with E-state index in [4.69, 9.17) is 0 Å². The van der Waals surface area contributed by atoms with Crippen LogP contribution in [0.25, 0.3) is 0 Å². The Hall–Kier alpha value is -1.54. The number of aromatic nitrogens is 2. The lowest BCUT2D eigenvalue weighted by Crippen LogP contribution is -2.28. The summed E-state index contributed by atoms with van der Waals surface area (Å²) in [6.45, 7) is 0. The van der Waals surface area contributed by atoms with Crippen molar-refractivity contribution in [1.29, 1.82) is 0 Å². The van der Waals surface area contributed by atoms with E-state index in [-0.39, 0.29) is 17.2 Å². The lowest BCUT2D eigenvalue weighted by Gasteiger charge is -2.21. The van der Waals surface area contributed by atoms with Gasteiger partial charge >= 0.3 is 0 Å². The molecule has 2 heterocycles. The predicted octanol–water partition coefficient (Wildman–Crippen LogP) is 2.59. The normalized spacial score (nSPS) is 19.2. The van der Waals surface area contributed by atoms with Gasteiger partial charge in [0.25, 0.3) is 0 Å². The molecule has 1 unspecified atom stereocenters. The zero-order chi connectivity index (χ0) is 13.4. The van der Waals surface area contributed by atoms with Crippen molar-refractivity contribution in [2.75, 3.05) is 10.7 Å². The number of benzene rings is 1. The van der Waals surface area contributed by atoms with Crippen molar-refractivity contribution in [3.05, 3.63) is 40.9 Å². The summed E-state index contributed by atoms with van der Waals surface area (Å²) in [6, 6.07) is 3.35. The number of hydrogen-bond acceptors (Lipinski definition) is 5. The molecular weight excluding hydrogens is 292 g/mol. The summed E-state index contributed by atoms with van der Waals surface area (Å²) in [5.41, 5.74) is 1.77. The minimum Gasteiger partial charge on any atom is -0.273 e. The molecule has 8 heteroatoms. The molecule has 4 nitrogen and oxygen atoms in total. The van der Waals surface area contributed by atoms with Crippen LogP contribution in [0.4, 0.5) is 13.9 Å². The van der Waals surface area contributed by atoms with E-state index in [1.165, 1.54) is 45.6 Å². The molecule has 2 aromatic rings. The summed E-state index contributed by atoms with van der Waals surface area (Å²) in [7, 11) is 0. The summed E-state index contributed by atoms with van der Waals surface area (Å²) in [5.74, 6) is -1.23. The predicted molar refractivity (Wildman–Crippen MR) is 69.0 cm³/mol. The molecule has 1 aliphatic rings. The van der Waals surface area contributed by atoms with Crippen LogP contribution < -0.4 is 4.90 Å². The van der Waals surface area contributed by atoms with Crippen LogP contribution in [0.2, 0.25) is 0 Å². The Bertz CT molecular complexity index is 620.